The minimum absolute atomic E-state index is 0.143. The molecule has 0 saturated heterocycles. The number of anilines is 1. The lowest BCUT2D eigenvalue weighted by molar-refractivity contribution is -0.113. The zero-order chi connectivity index (χ0) is 20.8. The zero-order valence-electron chi connectivity index (χ0n) is 16.9. The number of amides is 1. The lowest BCUT2D eigenvalue weighted by Gasteiger charge is -2.11. The highest BCUT2D eigenvalue weighted by Crippen LogP contribution is 2.24. The first-order chi connectivity index (χ1) is 14.0. The van der Waals surface area contributed by atoms with Gasteiger partial charge in [0.25, 0.3) is 0 Å². The quantitative estimate of drug-likeness (QED) is 0.568. The van der Waals surface area contributed by atoms with Crippen molar-refractivity contribution < 1.29 is 14.3 Å². The maximum atomic E-state index is 12.3. The number of hydrogen-bond acceptors (Lipinski definition) is 6. The number of carbonyl (C=O) groups is 1. The molecule has 1 N–H and O–H groups in total. The molecule has 7 nitrogen and oxygen atoms in total. The van der Waals surface area contributed by atoms with Gasteiger partial charge in [0.15, 0.2) is 11.0 Å². The van der Waals surface area contributed by atoms with Crippen molar-refractivity contribution in [3.8, 4) is 11.5 Å². The number of rotatable bonds is 8. The summed E-state index contributed by atoms with van der Waals surface area (Å²) < 4.78 is 13.0. The summed E-state index contributed by atoms with van der Waals surface area (Å²) in [4.78, 5) is 12.3. The minimum atomic E-state index is -0.143. The topological polar surface area (TPSA) is 78.3 Å². The molecule has 0 aliphatic carbocycles. The SMILES string of the molecule is COc1ccccc1NC(=O)CSc1nnc(COc2cccc(C)c2C)n1C. The van der Waals surface area contributed by atoms with E-state index in [-0.39, 0.29) is 11.7 Å². The van der Waals surface area contributed by atoms with E-state index in [9.17, 15) is 4.79 Å². The number of ether oxygens (including phenoxy) is 2. The van der Waals surface area contributed by atoms with Gasteiger partial charge in [-0.1, -0.05) is 36.0 Å². The summed E-state index contributed by atoms with van der Waals surface area (Å²) in [5.74, 6) is 2.21. The summed E-state index contributed by atoms with van der Waals surface area (Å²) in [5, 5.41) is 11.9. The first-order valence-electron chi connectivity index (χ1n) is 9.12. The third-order valence-corrected chi connectivity index (χ3v) is 5.57. The molecule has 0 atom stereocenters. The highest BCUT2D eigenvalue weighted by molar-refractivity contribution is 7.99. The summed E-state index contributed by atoms with van der Waals surface area (Å²) in [7, 11) is 3.43. The number of para-hydroxylation sites is 2. The van der Waals surface area contributed by atoms with Crippen LogP contribution in [-0.4, -0.2) is 33.5 Å². The molecule has 1 amide bonds. The van der Waals surface area contributed by atoms with Crippen molar-refractivity contribution >= 4 is 23.4 Å². The summed E-state index contributed by atoms with van der Waals surface area (Å²) >= 11 is 1.32. The summed E-state index contributed by atoms with van der Waals surface area (Å²) in [6, 6.07) is 13.3. The zero-order valence-corrected chi connectivity index (χ0v) is 17.7. The van der Waals surface area contributed by atoms with E-state index in [2.05, 4.69) is 28.5 Å². The van der Waals surface area contributed by atoms with Gasteiger partial charge in [-0.15, -0.1) is 10.2 Å². The van der Waals surface area contributed by atoms with Crippen LogP contribution in [0.5, 0.6) is 11.5 Å². The molecule has 0 spiro atoms. The fourth-order valence-electron chi connectivity index (χ4n) is 2.68. The number of aromatic nitrogens is 3. The number of nitrogens with zero attached hydrogens (tertiary/aromatic N) is 3. The van der Waals surface area contributed by atoms with Crippen LogP contribution in [-0.2, 0) is 18.4 Å². The van der Waals surface area contributed by atoms with Crippen molar-refractivity contribution in [1.82, 2.24) is 14.8 Å². The molecule has 0 saturated carbocycles. The van der Waals surface area contributed by atoms with Crippen LogP contribution in [0.3, 0.4) is 0 Å². The van der Waals surface area contributed by atoms with Gasteiger partial charge in [0, 0.05) is 7.05 Å². The van der Waals surface area contributed by atoms with E-state index in [1.807, 2.05) is 42.8 Å². The van der Waals surface area contributed by atoms with Gasteiger partial charge in [-0.3, -0.25) is 4.79 Å². The van der Waals surface area contributed by atoms with Crippen molar-refractivity contribution in [3.63, 3.8) is 0 Å². The smallest absolute Gasteiger partial charge is 0.234 e. The van der Waals surface area contributed by atoms with Gasteiger partial charge in [0.1, 0.15) is 18.1 Å². The summed E-state index contributed by atoms with van der Waals surface area (Å²) in [5.41, 5.74) is 2.93. The number of benzene rings is 2. The van der Waals surface area contributed by atoms with E-state index in [4.69, 9.17) is 9.47 Å². The second-order valence-electron chi connectivity index (χ2n) is 6.48. The molecule has 152 valence electrons. The molecule has 8 heteroatoms. The Hall–Kier alpha value is -3.00. The van der Waals surface area contributed by atoms with E-state index >= 15 is 0 Å². The average molecular weight is 413 g/mol. The molecule has 2 aromatic carbocycles. The number of hydrogen-bond donors (Lipinski definition) is 1. The molecule has 3 rings (SSSR count). The molecular weight excluding hydrogens is 388 g/mol. The predicted octanol–water partition coefficient (Wildman–Crippen LogP) is 3.75. The Labute approximate surface area is 174 Å². The third kappa shape index (κ3) is 5.08. The summed E-state index contributed by atoms with van der Waals surface area (Å²) in [6.07, 6.45) is 0. The van der Waals surface area contributed by atoms with E-state index in [0.717, 1.165) is 11.3 Å². The van der Waals surface area contributed by atoms with E-state index in [0.29, 0.717) is 29.0 Å². The van der Waals surface area contributed by atoms with Crippen LogP contribution in [0.25, 0.3) is 0 Å². The van der Waals surface area contributed by atoms with Crippen LogP contribution in [0.1, 0.15) is 17.0 Å². The number of methoxy groups -OCH3 is 1. The van der Waals surface area contributed by atoms with Crippen LogP contribution in [0.15, 0.2) is 47.6 Å². The largest absolute Gasteiger partial charge is 0.495 e. The Morgan fingerprint density at radius 3 is 2.66 bits per heavy atom. The van der Waals surface area contributed by atoms with Gasteiger partial charge in [-0.05, 0) is 43.2 Å². The number of nitrogens with one attached hydrogen (secondary N) is 1. The van der Waals surface area contributed by atoms with Gasteiger partial charge in [0.2, 0.25) is 5.91 Å². The molecule has 29 heavy (non-hydrogen) atoms. The highest BCUT2D eigenvalue weighted by Gasteiger charge is 2.13. The van der Waals surface area contributed by atoms with Gasteiger partial charge in [0.05, 0.1) is 18.6 Å². The van der Waals surface area contributed by atoms with Crippen molar-refractivity contribution in [2.45, 2.75) is 25.6 Å². The highest BCUT2D eigenvalue weighted by atomic mass is 32.2. The fourth-order valence-corrected chi connectivity index (χ4v) is 3.41. The lowest BCUT2D eigenvalue weighted by Crippen LogP contribution is -2.15. The summed E-state index contributed by atoms with van der Waals surface area (Å²) in [6.45, 7) is 4.39. The van der Waals surface area contributed by atoms with Crippen LogP contribution >= 0.6 is 11.8 Å². The fraction of sp³-hybridized carbons (Fsp3) is 0.286. The Morgan fingerprint density at radius 1 is 1.10 bits per heavy atom. The lowest BCUT2D eigenvalue weighted by atomic mass is 10.1. The van der Waals surface area contributed by atoms with Crippen LogP contribution in [0.4, 0.5) is 5.69 Å². The second-order valence-corrected chi connectivity index (χ2v) is 7.42. The van der Waals surface area contributed by atoms with Gasteiger partial charge in [-0.25, -0.2) is 0 Å². The molecular formula is C21H24N4O3S. The molecule has 0 aliphatic rings. The van der Waals surface area contributed by atoms with E-state index in [1.54, 1.807) is 19.2 Å². The maximum Gasteiger partial charge on any atom is 0.234 e. The minimum Gasteiger partial charge on any atom is -0.495 e. The second kappa shape index (κ2) is 9.47. The first-order valence-corrected chi connectivity index (χ1v) is 10.1. The maximum absolute atomic E-state index is 12.3. The first kappa shape index (κ1) is 20.7. The molecule has 0 aliphatic heterocycles. The molecule has 0 bridgehead atoms. The Kier molecular flexibility index (Phi) is 6.77. The monoisotopic (exact) mass is 412 g/mol. The van der Waals surface area contributed by atoms with E-state index in [1.165, 1.54) is 17.3 Å². The standard InChI is InChI=1S/C21H24N4O3S/c1-14-8-7-11-17(15(14)2)28-12-19-23-24-21(25(19)3)29-13-20(26)22-16-9-5-6-10-18(16)27-4/h5-11H,12-13H2,1-4H3,(H,22,26). The van der Waals surface area contributed by atoms with Gasteiger partial charge >= 0.3 is 0 Å². The normalized spacial score (nSPS) is 10.6. The van der Waals surface area contributed by atoms with Crippen molar-refractivity contribution in [1.29, 1.82) is 0 Å². The van der Waals surface area contributed by atoms with Gasteiger partial charge in [-0.2, -0.15) is 0 Å². The molecule has 1 aromatic heterocycles. The van der Waals surface area contributed by atoms with Gasteiger partial charge < -0.3 is 19.4 Å². The van der Waals surface area contributed by atoms with Crippen molar-refractivity contribution in [2.75, 3.05) is 18.2 Å². The Bertz CT molecular complexity index is 1000. The van der Waals surface area contributed by atoms with Crippen molar-refractivity contribution in [2.24, 2.45) is 7.05 Å². The molecule has 1 heterocycles. The Balaban J connectivity index is 1.56. The van der Waals surface area contributed by atoms with E-state index < -0.39 is 0 Å². The van der Waals surface area contributed by atoms with Crippen LogP contribution in [0.2, 0.25) is 0 Å². The number of aryl methyl sites for hydroxylation is 1. The molecule has 0 fully saturated rings. The predicted molar refractivity (Wildman–Crippen MR) is 114 cm³/mol. The van der Waals surface area contributed by atoms with Crippen LogP contribution in [0, 0.1) is 13.8 Å². The van der Waals surface area contributed by atoms with Crippen LogP contribution < -0.4 is 14.8 Å². The number of carbonyl (C=O) groups excluding carboxylic acids is 1. The average Bonchev–Trinajstić information content (AvgIpc) is 3.07. The molecule has 0 radical (unpaired) electrons. The third-order valence-electron chi connectivity index (χ3n) is 4.55. The Morgan fingerprint density at radius 2 is 1.86 bits per heavy atom. The van der Waals surface area contributed by atoms with Crippen molar-refractivity contribution in [3.05, 3.63) is 59.4 Å². The molecule has 0 unspecified atom stereocenters. The number of thioether (sulfide) groups is 1. The molecule has 3 aromatic rings.